The highest BCUT2D eigenvalue weighted by Crippen LogP contribution is 2.31. The van der Waals surface area contributed by atoms with Crippen molar-refractivity contribution < 1.29 is 0 Å². The largest absolute Gasteiger partial charge is 0.314 e. The van der Waals surface area contributed by atoms with Crippen LogP contribution in [0.15, 0.2) is 116 Å². The Bertz CT molecular complexity index is 1660. The van der Waals surface area contributed by atoms with Crippen LogP contribution in [0.2, 0.25) is 0 Å². The molecule has 4 aromatic carbocycles. The predicted octanol–water partition coefficient (Wildman–Crippen LogP) is 6.31. The smallest absolute Gasteiger partial charge is 0.139 e. The average Bonchev–Trinajstić information content (AvgIpc) is 3.61. The van der Waals surface area contributed by atoms with Crippen LogP contribution in [0.1, 0.15) is 0 Å². The fourth-order valence-corrected chi connectivity index (χ4v) is 4.62. The average molecular weight is 425 g/mol. The first-order chi connectivity index (χ1) is 16.4. The number of fused-ring (bicyclic) bond motifs is 3. The van der Waals surface area contributed by atoms with E-state index in [1.165, 1.54) is 10.8 Å². The van der Waals surface area contributed by atoms with E-state index in [0.717, 1.165) is 39.1 Å². The molecule has 0 N–H and O–H groups in total. The van der Waals surface area contributed by atoms with Gasteiger partial charge in [0.05, 0.1) is 28.1 Å². The van der Waals surface area contributed by atoms with E-state index in [0.29, 0.717) is 0 Å². The summed E-state index contributed by atoms with van der Waals surface area (Å²) in [7, 11) is 0. The maximum Gasteiger partial charge on any atom is 0.139 e. The molecule has 0 spiro atoms. The standard InChI is InChI=1S/C28H19N5/c1-2-10-22(11-3-1)33-29-27-25(31-18-16-20-8-4-6-12-23(20)31)14-15-26(28(27)30-33)32-19-17-21-9-5-7-13-24(21)32/h1-19H. The first-order valence-corrected chi connectivity index (χ1v) is 11.0. The van der Waals surface area contributed by atoms with Gasteiger partial charge in [-0.25, -0.2) is 0 Å². The third-order valence-electron chi connectivity index (χ3n) is 6.20. The molecule has 0 atom stereocenters. The quantitative estimate of drug-likeness (QED) is 0.333. The molecular weight excluding hydrogens is 406 g/mol. The lowest BCUT2D eigenvalue weighted by molar-refractivity contribution is 0.764. The fraction of sp³-hybridized carbons (Fsp3) is 0. The third kappa shape index (κ3) is 2.72. The number of para-hydroxylation sites is 3. The van der Waals surface area contributed by atoms with Crippen LogP contribution in [-0.2, 0) is 0 Å². The zero-order valence-corrected chi connectivity index (χ0v) is 17.7. The zero-order chi connectivity index (χ0) is 21.8. The lowest BCUT2D eigenvalue weighted by atomic mass is 10.2. The van der Waals surface area contributed by atoms with Gasteiger partial charge in [-0.15, -0.1) is 10.2 Å². The summed E-state index contributed by atoms with van der Waals surface area (Å²) in [4.78, 5) is 1.73. The van der Waals surface area contributed by atoms with E-state index in [1.54, 1.807) is 4.80 Å². The van der Waals surface area contributed by atoms with E-state index >= 15 is 0 Å². The summed E-state index contributed by atoms with van der Waals surface area (Å²) >= 11 is 0. The topological polar surface area (TPSA) is 40.6 Å². The molecule has 7 aromatic rings. The van der Waals surface area contributed by atoms with Crippen molar-refractivity contribution in [1.82, 2.24) is 24.1 Å². The molecule has 33 heavy (non-hydrogen) atoms. The first kappa shape index (κ1) is 18.0. The Morgan fingerprint density at radius 2 is 0.939 bits per heavy atom. The van der Waals surface area contributed by atoms with Crippen LogP contribution in [0.25, 0.3) is 49.9 Å². The van der Waals surface area contributed by atoms with Gasteiger partial charge in [-0.2, -0.15) is 4.80 Å². The van der Waals surface area contributed by atoms with Crippen LogP contribution < -0.4 is 0 Å². The molecule has 0 amide bonds. The SMILES string of the molecule is c1ccc(-n2nc3c(-n4ccc5ccccc54)ccc(-n4ccc5ccccc54)c3n2)cc1. The van der Waals surface area contributed by atoms with Gasteiger partial charge >= 0.3 is 0 Å². The first-order valence-electron chi connectivity index (χ1n) is 11.0. The van der Waals surface area contributed by atoms with Gasteiger partial charge in [0.25, 0.3) is 0 Å². The number of benzene rings is 4. The number of nitrogens with zero attached hydrogens (tertiary/aromatic N) is 5. The van der Waals surface area contributed by atoms with Crippen molar-refractivity contribution in [2.45, 2.75) is 0 Å². The summed E-state index contributed by atoms with van der Waals surface area (Å²) in [5.41, 5.74) is 6.95. The lowest BCUT2D eigenvalue weighted by Crippen LogP contribution is -1.98. The van der Waals surface area contributed by atoms with Crippen molar-refractivity contribution >= 4 is 32.8 Å². The molecule has 5 heteroatoms. The van der Waals surface area contributed by atoms with Crippen molar-refractivity contribution in [1.29, 1.82) is 0 Å². The number of hydrogen-bond donors (Lipinski definition) is 0. The van der Waals surface area contributed by atoms with Gasteiger partial charge < -0.3 is 9.13 Å². The van der Waals surface area contributed by atoms with Gasteiger partial charge in [0, 0.05) is 12.4 Å². The minimum Gasteiger partial charge on any atom is -0.314 e. The maximum atomic E-state index is 4.97. The monoisotopic (exact) mass is 425 g/mol. The van der Waals surface area contributed by atoms with Crippen molar-refractivity contribution in [2.24, 2.45) is 0 Å². The molecule has 0 unspecified atom stereocenters. The summed E-state index contributed by atoms with van der Waals surface area (Å²) in [6.45, 7) is 0. The molecule has 0 aliphatic rings. The molecule has 0 fully saturated rings. The van der Waals surface area contributed by atoms with E-state index in [2.05, 4.69) is 94.3 Å². The molecule has 156 valence electrons. The molecule has 3 aromatic heterocycles. The van der Waals surface area contributed by atoms with E-state index in [9.17, 15) is 0 Å². The highest BCUT2D eigenvalue weighted by molar-refractivity contribution is 5.94. The van der Waals surface area contributed by atoms with Gasteiger partial charge in [0.1, 0.15) is 11.0 Å². The second kappa shape index (κ2) is 6.93. The summed E-state index contributed by atoms with van der Waals surface area (Å²) in [6.07, 6.45) is 4.21. The third-order valence-corrected chi connectivity index (χ3v) is 6.20. The Labute approximate surface area is 189 Å². The van der Waals surface area contributed by atoms with Gasteiger partial charge in [0.15, 0.2) is 0 Å². The van der Waals surface area contributed by atoms with Gasteiger partial charge in [-0.05, 0) is 59.3 Å². The fourth-order valence-electron chi connectivity index (χ4n) is 4.62. The van der Waals surface area contributed by atoms with E-state index in [-0.39, 0.29) is 0 Å². The van der Waals surface area contributed by atoms with Crippen LogP contribution in [0.5, 0.6) is 0 Å². The highest BCUT2D eigenvalue weighted by atomic mass is 15.5. The molecule has 0 radical (unpaired) electrons. The summed E-state index contributed by atoms with van der Waals surface area (Å²) in [6, 6.07) is 35.4. The second-order valence-electron chi connectivity index (χ2n) is 8.12. The Morgan fingerprint density at radius 1 is 0.455 bits per heavy atom. The Balaban J connectivity index is 1.54. The minimum atomic E-state index is 0.857. The Hall–Kier alpha value is -4.64. The number of hydrogen-bond acceptors (Lipinski definition) is 2. The van der Waals surface area contributed by atoms with E-state index in [4.69, 9.17) is 10.2 Å². The molecule has 0 aliphatic heterocycles. The summed E-state index contributed by atoms with van der Waals surface area (Å²) in [5, 5.41) is 12.3. The molecule has 3 heterocycles. The van der Waals surface area contributed by atoms with Gasteiger partial charge in [-0.3, -0.25) is 0 Å². The molecule has 0 saturated carbocycles. The van der Waals surface area contributed by atoms with E-state index in [1.807, 2.05) is 30.3 Å². The van der Waals surface area contributed by atoms with Crippen LogP contribution in [0.4, 0.5) is 0 Å². The van der Waals surface area contributed by atoms with Crippen molar-refractivity contribution in [3.05, 3.63) is 116 Å². The van der Waals surface area contributed by atoms with Crippen LogP contribution in [0.3, 0.4) is 0 Å². The van der Waals surface area contributed by atoms with Crippen LogP contribution >= 0.6 is 0 Å². The Morgan fingerprint density at radius 3 is 1.48 bits per heavy atom. The lowest BCUT2D eigenvalue weighted by Gasteiger charge is -2.10. The van der Waals surface area contributed by atoms with Crippen molar-refractivity contribution in [3.8, 4) is 17.1 Å². The van der Waals surface area contributed by atoms with Gasteiger partial charge in [-0.1, -0.05) is 54.6 Å². The molecule has 0 aliphatic carbocycles. The van der Waals surface area contributed by atoms with Gasteiger partial charge in [0.2, 0.25) is 0 Å². The molecule has 0 saturated heterocycles. The summed E-state index contributed by atoms with van der Waals surface area (Å²) in [5.74, 6) is 0. The van der Waals surface area contributed by atoms with E-state index < -0.39 is 0 Å². The van der Waals surface area contributed by atoms with Crippen molar-refractivity contribution in [3.63, 3.8) is 0 Å². The normalized spacial score (nSPS) is 11.6. The number of aromatic nitrogens is 5. The Kier molecular flexibility index (Phi) is 3.78. The molecule has 5 nitrogen and oxygen atoms in total. The molecular formula is C28H19N5. The highest BCUT2D eigenvalue weighted by Gasteiger charge is 2.17. The van der Waals surface area contributed by atoms with Crippen LogP contribution in [-0.4, -0.2) is 24.1 Å². The minimum absolute atomic E-state index is 0.857. The second-order valence-corrected chi connectivity index (χ2v) is 8.12. The zero-order valence-electron chi connectivity index (χ0n) is 17.7. The predicted molar refractivity (Wildman–Crippen MR) is 133 cm³/mol. The summed E-state index contributed by atoms with van der Waals surface area (Å²) < 4.78 is 4.39. The van der Waals surface area contributed by atoms with Crippen LogP contribution in [0, 0.1) is 0 Å². The number of rotatable bonds is 3. The molecule has 0 bridgehead atoms. The van der Waals surface area contributed by atoms with Crippen molar-refractivity contribution in [2.75, 3.05) is 0 Å². The maximum absolute atomic E-state index is 4.97. The molecule has 7 rings (SSSR count).